The third-order valence-corrected chi connectivity index (χ3v) is 4.41. The van der Waals surface area contributed by atoms with E-state index in [0.717, 1.165) is 19.3 Å². The average molecular weight is 283 g/mol. The molecule has 4 atom stereocenters. The second-order valence-corrected chi connectivity index (χ2v) is 5.55. The Kier molecular flexibility index (Phi) is 4.59. The molecule has 20 heavy (non-hydrogen) atoms. The molecule has 2 fully saturated rings. The maximum Gasteiger partial charge on any atom is 0.321 e. The molecule has 2 bridgehead atoms. The molecule has 7 nitrogen and oxygen atoms in total. The lowest BCUT2D eigenvalue weighted by molar-refractivity contribution is -0.144. The van der Waals surface area contributed by atoms with Gasteiger partial charge in [-0.15, -0.1) is 0 Å². The van der Waals surface area contributed by atoms with Crippen molar-refractivity contribution < 1.29 is 19.5 Å². The summed E-state index contributed by atoms with van der Waals surface area (Å²) in [4.78, 5) is 33.7. The Balaban J connectivity index is 1.77. The summed E-state index contributed by atoms with van der Waals surface area (Å²) in [5.74, 6) is -0.773. The molecule has 3 amide bonds. The lowest BCUT2D eigenvalue weighted by atomic mass is 9.84. The van der Waals surface area contributed by atoms with Crippen molar-refractivity contribution in [3.05, 3.63) is 0 Å². The van der Waals surface area contributed by atoms with Crippen molar-refractivity contribution in [2.24, 2.45) is 17.8 Å². The van der Waals surface area contributed by atoms with E-state index in [-0.39, 0.29) is 30.2 Å². The molecule has 0 spiro atoms. The molecule has 2 rings (SSSR count). The number of carbonyl (C=O) groups excluding carboxylic acids is 2. The van der Waals surface area contributed by atoms with E-state index < -0.39 is 12.0 Å². The van der Waals surface area contributed by atoms with Gasteiger partial charge in [-0.25, -0.2) is 4.79 Å². The van der Waals surface area contributed by atoms with Gasteiger partial charge in [0.25, 0.3) is 0 Å². The second-order valence-electron chi connectivity index (χ2n) is 5.55. The first-order chi connectivity index (χ1) is 9.52. The first-order valence-electron chi connectivity index (χ1n) is 7.00. The van der Waals surface area contributed by atoms with Crippen LogP contribution < -0.4 is 16.0 Å². The smallest absolute Gasteiger partial charge is 0.321 e. The number of amides is 3. The maximum absolute atomic E-state index is 11.4. The van der Waals surface area contributed by atoms with E-state index in [1.54, 1.807) is 0 Å². The molecule has 2 saturated carbocycles. The van der Waals surface area contributed by atoms with E-state index in [9.17, 15) is 19.5 Å². The predicted octanol–water partition coefficient (Wildman–Crippen LogP) is -0.0790. The zero-order valence-corrected chi connectivity index (χ0v) is 11.5. The van der Waals surface area contributed by atoms with Crippen LogP contribution in [0.5, 0.6) is 0 Å². The maximum atomic E-state index is 11.4. The molecular weight excluding hydrogens is 262 g/mol. The standard InChI is InChI=1S/C13H21N3O4/c1-14-13(20)16-9(17)4-5-15-11-8-3-2-7(6-8)10(11)12(18)19/h7-8,10-11,15H,2-6H2,1H3,(H,18,19)(H2,14,16,17,20). The third-order valence-electron chi connectivity index (χ3n) is 4.41. The largest absolute Gasteiger partial charge is 0.481 e. The van der Waals surface area contributed by atoms with E-state index in [1.165, 1.54) is 7.05 Å². The molecule has 0 radical (unpaired) electrons. The molecule has 112 valence electrons. The van der Waals surface area contributed by atoms with Gasteiger partial charge >= 0.3 is 12.0 Å². The Bertz CT molecular complexity index is 412. The molecule has 0 heterocycles. The van der Waals surface area contributed by atoms with Crippen LogP contribution in [0.15, 0.2) is 0 Å². The minimum Gasteiger partial charge on any atom is -0.481 e. The molecule has 0 saturated heterocycles. The molecule has 4 N–H and O–H groups in total. The van der Waals surface area contributed by atoms with Crippen LogP contribution >= 0.6 is 0 Å². The van der Waals surface area contributed by atoms with Crippen LogP contribution in [0.2, 0.25) is 0 Å². The summed E-state index contributed by atoms with van der Waals surface area (Å²) in [6.07, 6.45) is 3.19. The van der Waals surface area contributed by atoms with Crippen molar-refractivity contribution >= 4 is 17.9 Å². The Morgan fingerprint density at radius 1 is 1.20 bits per heavy atom. The van der Waals surface area contributed by atoms with Crippen molar-refractivity contribution in [1.82, 2.24) is 16.0 Å². The SMILES string of the molecule is CNC(=O)NC(=O)CCNC1C2CCC(C2)C1C(=O)O. The first kappa shape index (κ1) is 14.8. The van der Waals surface area contributed by atoms with Crippen molar-refractivity contribution in [2.75, 3.05) is 13.6 Å². The van der Waals surface area contributed by atoms with Gasteiger partial charge in [0.1, 0.15) is 0 Å². The molecule has 7 heteroatoms. The van der Waals surface area contributed by atoms with Crippen LogP contribution in [-0.2, 0) is 9.59 Å². The van der Waals surface area contributed by atoms with E-state index in [2.05, 4.69) is 16.0 Å². The number of aliphatic carboxylic acids is 1. The number of imide groups is 1. The molecule has 0 aliphatic heterocycles. The molecule has 2 aliphatic carbocycles. The third kappa shape index (κ3) is 3.09. The summed E-state index contributed by atoms with van der Waals surface area (Å²) in [6.45, 7) is 0.389. The molecule has 0 aromatic rings. The van der Waals surface area contributed by atoms with Gasteiger partial charge in [-0.3, -0.25) is 14.9 Å². The number of carboxylic acids is 1. The number of nitrogens with one attached hydrogen (secondary N) is 3. The quantitative estimate of drug-likeness (QED) is 0.564. The highest BCUT2D eigenvalue weighted by molar-refractivity contribution is 5.94. The second kappa shape index (κ2) is 6.21. The molecule has 4 unspecified atom stereocenters. The fraction of sp³-hybridized carbons (Fsp3) is 0.769. The summed E-state index contributed by atoms with van der Waals surface area (Å²) in [5, 5.41) is 17.0. The molecule has 0 aromatic carbocycles. The summed E-state index contributed by atoms with van der Waals surface area (Å²) in [7, 11) is 1.44. The number of hydrogen-bond acceptors (Lipinski definition) is 4. The van der Waals surface area contributed by atoms with Crippen LogP contribution in [0.4, 0.5) is 4.79 Å². The average Bonchev–Trinajstić information content (AvgIpc) is 2.98. The predicted molar refractivity (Wildman–Crippen MR) is 71.0 cm³/mol. The number of fused-ring (bicyclic) bond motifs is 2. The van der Waals surface area contributed by atoms with Gasteiger partial charge in [-0.05, 0) is 31.1 Å². The minimum atomic E-state index is -0.746. The Labute approximate surface area is 117 Å². The fourth-order valence-corrected chi connectivity index (χ4v) is 3.54. The van der Waals surface area contributed by atoms with Gasteiger partial charge in [-0.1, -0.05) is 0 Å². The number of carbonyl (C=O) groups is 3. The highest BCUT2D eigenvalue weighted by Crippen LogP contribution is 2.48. The van der Waals surface area contributed by atoms with Gasteiger partial charge in [0, 0.05) is 26.1 Å². The highest BCUT2D eigenvalue weighted by Gasteiger charge is 2.50. The Hall–Kier alpha value is -1.63. The van der Waals surface area contributed by atoms with Crippen molar-refractivity contribution in [3.63, 3.8) is 0 Å². The zero-order valence-electron chi connectivity index (χ0n) is 11.5. The number of carboxylic acid groups (broad SMARTS) is 1. The summed E-state index contributed by atoms with van der Waals surface area (Å²) in [6, 6.07) is -0.572. The van der Waals surface area contributed by atoms with E-state index >= 15 is 0 Å². The number of rotatable bonds is 5. The molecule has 2 aliphatic rings. The Morgan fingerprint density at radius 2 is 1.90 bits per heavy atom. The fourth-order valence-electron chi connectivity index (χ4n) is 3.54. The number of urea groups is 1. The van der Waals surface area contributed by atoms with Gasteiger partial charge in [-0.2, -0.15) is 0 Å². The van der Waals surface area contributed by atoms with Crippen LogP contribution in [0.1, 0.15) is 25.7 Å². The summed E-state index contributed by atoms with van der Waals surface area (Å²) < 4.78 is 0. The van der Waals surface area contributed by atoms with E-state index in [4.69, 9.17) is 0 Å². The van der Waals surface area contributed by atoms with Gasteiger partial charge < -0.3 is 15.7 Å². The van der Waals surface area contributed by atoms with Crippen LogP contribution in [0.3, 0.4) is 0 Å². The minimum absolute atomic E-state index is 0.0425. The zero-order chi connectivity index (χ0) is 14.7. The van der Waals surface area contributed by atoms with E-state index in [1.807, 2.05) is 0 Å². The van der Waals surface area contributed by atoms with Crippen molar-refractivity contribution in [2.45, 2.75) is 31.7 Å². The lowest BCUT2D eigenvalue weighted by Crippen LogP contribution is -2.46. The number of hydrogen-bond donors (Lipinski definition) is 4. The topological polar surface area (TPSA) is 108 Å². The van der Waals surface area contributed by atoms with Gasteiger partial charge in [0.2, 0.25) is 5.91 Å². The van der Waals surface area contributed by atoms with Crippen molar-refractivity contribution in [3.8, 4) is 0 Å². The molecular formula is C13H21N3O4. The van der Waals surface area contributed by atoms with Crippen LogP contribution in [0.25, 0.3) is 0 Å². The summed E-state index contributed by atoms with van der Waals surface area (Å²) in [5.41, 5.74) is 0. The Morgan fingerprint density at radius 3 is 2.55 bits per heavy atom. The van der Waals surface area contributed by atoms with Crippen LogP contribution in [-0.4, -0.2) is 42.6 Å². The van der Waals surface area contributed by atoms with Crippen LogP contribution in [0, 0.1) is 17.8 Å². The monoisotopic (exact) mass is 283 g/mol. The highest BCUT2D eigenvalue weighted by atomic mass is 16.4. The normalized spacial score (nSPS) is 31.1. The van der Waals surface area contributed by atoms with Crippen molar-refractivity contribution in [1.29, 1.82) is 0 Å². The van der Waals surface area contributed by atoms with E-state index in [0.29, 0.717) is 12.5 Å². The lowest BCUT2D eigenvalue weighted by Gasteiger charge is -2.28. The van der Waals surface area contributed by atoms with Gasteiger partial charge in [0.15, 0.2) is 0 Å². The van der Waals surface area contributed by atoms with Gasteiger partial charge in [0.05, 0.1) is 5.92 Å². The first-order valence-corrected chi connectivity index (χ1v) is 7.00. The molecule has 0 aromatic heterocycles. The summed E-state index contributed by atoms with van der Waals surface area (Å²) >= 11 is 0.